The van der Waals surface area contributed by atoms with E-state index in [0.29, 0.717) is 17.1 Å². The molecule has 0 radical (unpaired) electrons. The van der Waals surface area contributed by atoms with Crippen molar-refractivity contribution in [2.75, 3.05) is 0 Å². The van der Waals surface area contributed by atoms with Crippen molar-refractivity contribution in [3.05, 3.63) is 54.1 Å². The van der Waals surface area contributed by atoms with Gasteiger partial charge in [0.1, 0.15) is 5.58 Å². The van der Waals surface area contributed by atoms with E-state index in [4.69, 9.17) is 9.68 Å². The lowest BCUT2D eigenvalue weighted by Gasteiger charge is -1.88. The van der Waals surface area contributed by atoms with Gasteiger partial charge in [0.15, 0.2) is 11.6 Å². The minimum atomic E-state index is 0.609. The van der Waals surface area contributed by atoms with Crippen molar-refractivity contribution in [1.29, 1.82) is 5.26 Å². The Hall–Kier alpha value is -3.06. The van der Waals surface area contributed by atoms with Gasteiger partial charge in [0.2, 0.25) is 0 Å². The fourth-order valence-electron chi connectivity index (χ4n) is 2.29. The van der Waals surface area contributed by atoms with Crippen LogP contribution >= 0.6 is 0 Å². The molecule has 2 aromatic carbocycles. The second kappa shape index (κ2) is 3.97. The first-order valence-electron chi connectivity index (χ1n) is 6.22. The Balaban J connectivity index is 1.91. The van der Waals surface area contributed by atoms with Crippen LogP contribution in [-0.4, -0.2) is 9.97 Å². The molecule has 0 atom stereocenters. The number of nitrogens with zero attached hydrogens (tertiary/aromatic N) is 2. The fraction of sp³-hybridized carbons (Fsp3) is 0. The third kappa shape index (κ3) is 1.57. The molecule has 0 aliphatic heterocycles. The maximum Gasteiger partial charge on any atom is 0.174 e. The zero-order valence-electron chi connectivity index (χ0n) is 10.4. The van der Waals surface area contributed by atoms with Crippen LogP contribution in [-0.2, 0) is 0 Å². The number of hydrogen-bond acceptors (Lipinski definition) is 3. The summed E-state index contributed by atoms with van der Waals surface area (Å²) < 4.78 is 5.78. The van der Waals surface area contributed by atoms with Crippen molar-refractivity contribution >= 4 is 22.0 Å². The highest BCUT2D eigenvalue weighted by Gasteiger charge is 2.10. The molecule has 0 saturated heterocycles. The van der Waals surface area contributed by atoms with Gasteiger partial charge in [-0.05, 0) is 30.3 Å². The van der Waals surface area contributed by atoms with E-state index in [-0.39, 0.29) is 0 Å². The van der Waals surface area contributed by atoms with Crippen LogP contribution in [0, 0.1) is 11.3 Å². The summed E-state index contributed by atoms with van der Waals surface area (Å²) >= 11 is 0. The van der Waals surface area contributed by atoms with Crippen LogP contribution in [0.1, 0.15) is 5.56 Å². The number of benzene rings is 2. The van der Waals surface area contributed by atoms with Gasteiger partial charge in [0.25, 0.3) is 0 Å². The van der Waals surface area contributed by atoms with E-state index >= 15 is 0 Å². The van der Waals surface area contributed by atoms with Gasteiger partial charge in [-0.2, -0.15) is 5.26 Å². The number of fused-ring (bicyclic) bond motifs is 2. The number of aromatic nitrogens is 2. The highest BCUT2D eigenvalue weighted by Crippen LogP contribution is 2.27. The Morgan fingerprint density at radius 3 is 2.85 bits per heavy atom. The number of rotatable bonds is 1. The number of nitriles is 1. The monoisotopic (exact) mass is 259 g/mol. The van der Waals surface area contributed by atoms with Gasteiger partial charge >= 0.3 is 0 Å². The Morgan fingerprint density at radius 1 is 1.10 bits per heavy atom. The Labute approximate surface area is 114 Å². The molecule has 2 heterocycles. The number of imidazole rings is 1. The number of H-pyrrole nitrogens is 1. The summed E-state index contributed by atoms with van der Waals surface area (Å²) in [6, 6.07) is 17.3. The van der Waals surface area contributed by atoms with Crippen LogP contribution in [0.2, 0.25) is 0 Å². The fourth-order valence-corrected chi connectivity index (χ4v) is 2.29. The van der Waals surface area contributed by atoms with E-state index < -0.39 is 0 Å². The maximum absolute atomic E-state index is 8.91. The zero-order valence-corrected chi connectivity index (χ0v) is 10.4. The second-order valence-corrected chi connectivity index (χ2v) is 4.58. The zero-order chi connectivity index (χ0) is 13.5. The minimum absolute atomic E-state index is 0.609. The third-order valence-corrected chi connectivity index (χ3v) is 3.27. The normalized spacial score (nSPS) is 10.9. The van der Waals surface area contributed by atoms with Crippen molar-refractivity contribution in [2.45, 2.75) is 0 Å². The van der Waals surface area contributed by atoms with Crippen LogP contribution < -0.4 is 0 Å². The molecular formula is C16H9N3O. The summed E-state index contributed by atoms with van der Waals surface area (Å²) in [4.78, 5) is 7.69. The van der Waals surface area contributed by atoms with E-state index in [9.17, 15) is 0 Å². The molecule has 0 aliphatic rings. The summed E-state index contributed by atoms with van der Waals surface area (Å²) in [5.74, 6) is 1.37. The van der Waals surface area contributed by atoms with Crippen LogP contribution in [0.15, 0.2) is 52.9 Å². The smallest absolute Gasteiger partial charge is 0.174 e. The van der Waals surface area contributed by atoms with Gasteiger partial charge < -0.3 is 9.40 Å². The molecule has 4 heteroatoms. The molecule has 0 unspecified atom stereocenters. The predicted molar refractivity (Wildman–Crippen MR) is 76.0 cm³/mol. The molecule has 0 saturated carbocycles. The van der Waals surface area contributed by atoms with Gasteiger partial charge in [-0.15, -0.1) is 0 Å². The molecule has 1 N–H and O–H groups in total. The molecule has 4 rings (SSSR count). The second-order valence-electron chi connectivity index (χ2n) is 4.58. The molecule has 20 heavy (non-hydrogen) atoms. The van der Waals surface area contributed by atoms with Gasteiger partial charge in [-0.1, -0.05) is 18.2 Å². The third-order valence-electron chi connectivity index (χ3n) is 3.27. The maximum atomic E-state index is 8.91. The SMILES string of the molecule is N#Cc1ccc2nc(-c3cc4ccccc4o3)[nH]c2c1. The molecule has 4 aromatic rings. The molecule has 0 bridgehead atoms. The molecule has 0 spiro atoms. The van der Waals surface area contributed by atoms with Gasteiger partial charge in [0.05, 0.1) is 22.7 Å². The number of hydrogen-bond donors (Lipinski definition) is 1. The highest BCUT2D eigenvalue weighted by molar-refractivity contribution is 5.84. The Bertz CT molecular complexity index is 939. The first kappa shape index (κ1) is 10.8. The molecule has 94 valence electrons. The Kier molecular flexibility index (Phi) is 2.15. The van der Waals surface area contributed by atoms with E-state index in [1.54, 1.807) is 12.1 Å². The average Bonchev–Trinajstić information content (AvgIpc) is 3.09. The topological polar surface area (TPSA) is 65.6 Å². The average molecular weight is 259 g/mol. The summed E-state index contributed by atoms with van der Waals surface area (Å²) in [7, 11) is 0. The molecule has 2 aromatic heterocycles. The van der Waals surface area contributed by atoms with E-state index in [1.807, 2.05) is 36.4 Å². The molecular weight excluding hydrogens is 250 g/mol. The van der Waals surface area contributed by atoms with Crippen LogP contribution in [0.3, 0.4) is 0 Å². The van der Waals surface area contributed by atoms with Gasteiger partial charge in [-0.25, -0.2) is 4.98 Å². The van der Waals surface area contributed by atoms with Gasteiger partial charge in [0, 0.05) is 5.39 Å². The van der Waals surface area contributed by atoms with Gasteiger partial charge in [-0.3, -0.25) is 0 Å². The van der Waals surface area contributed by atoms with E-state index in [1.165, 1.54) is 0 Å². The lowest BCUT2D eigenvalue weighted by molar-refractivity contribution is 0.627. The number of furan rings is 1. The lowest BCUT2D eigenvalue weighted by atomic mass is 10.2. The Morgan fingerprint density at radius 2 is 2.00 bits per heavy atom. The summed E-state index contributed by atoms with van der Waals surface area (Å²) in [6.45, 7) is 0. The van der Waals surface area contributed by atoms with E-state index in [0.717, 1.165) is 22.0 Å². The van der Waals surface area contributed by atoms with Crippen molar-refractivity contribution in [3.63, 3.8) is 0 Å². The molecule has 0 aliphatic carbocycles. The summed E-state index contributed by atoms with van der Waals surface area (Å²) in [5, 5.41) is 9.96. The quantitative estimate of drug-likeness (QED) is 0.564. The first-order valence-corrected chi connectivity index (χ1v) is 6.22. The van der Waals surface area contributed by atoms with Crippen LogP contribution in [0.4, 0.5) is 0 Å². The lowest BCUT2D eigenvalue weighted by Crippen LogP contribution is -1.74. The van der Waals surface area contributed by atoms with Crippen LogP contribution in [0.25, 0.3) is 33.6 Å². The first-order chi connectivity index (χ1) is 9.83. The number of aromatic amines is 1. The molecule has 0 amide bonds. The predicted octanol–water partition coefficient (Wildman–Crippen LogP) is 3.85. The largest absolute Gasteiger partial charge is 0.453 e. The molecule has 4 nitrogen and oxygen atoms in total. The number of para-hydroxylation sites is 1. The van der Waals surface area contributed by atoms with Crippen molar-refractivity contribution < 1.29 is 4.42 Å². The molecule has 0 fully saturated rings. The van der Waals surface area contributed by atoms with E-state index in [2.05, 4.69) is 16.0 Å². The number of nitrogens with one attached hydrogen (secondary N) is 1. The summed E-state index contributed by atoms with van der Waals surface area (Å²) in [6.07, 6.45) is 0. The highest BCUT2D eigenvalue weighted by atomic mass is 16.3. The van der Waals surface area contributed by atoms with Crippen molar-refractivity contribution in [1.82, 2.24) is 9.97 Å². The standard InChI is InChI=1S/C16H9N3O/c17-9-10-5-6-12-13(7-10)19-16(18-12)15-8-11-3-1-2-4-14(11)20-15/h1-8H,(H,18,19). The van der Waals surface area contributed by atoms with Crippen LogP contribution in [0.5, 0.6) is 0 Å². The minimum Gasteiger partial charge on any atom is -0.453 e. The summed E-state index contributed by atoms with van der Waals surface area (Å²) in [5.41, 5.74) is 3.09. The van der Waals surface area contributed by atoms with Crippen molar-refractivity contribution in [3.8, 4) is 17.7 Å². The van der Waals surface area contributed by atoms with Crippen molar-refractivity contribution in [2.24, 2.45) is 0 Å².